The number of hydrogen-bond acceptors (Lipinski definition) is 2. The summed E-state index contributed by atoms with van der Waals surface area (Å²) in [7, 11) is 3.50. The maximum absolute atomic E-state index is 12.8. The van der Waals surface area contributed by atoms with Crippen molar-refractivity contribution in [1.82, 2.24) is 0 Å². The zero-order valence-corrected chi connectivity index (χ0v) is 16.4. The molecule has 0 saturated heterocycles. The van der Waals surface area contributed by atoms with Gasteiger partial charge in [0.1, 0.15) is 5.75 Å². The van der Waals surface area contributed by atoms with Gasteiger partial charge >= 0.3 is 6.03 Å². The number of benzene rings is 2. The number of ether oxygens (including phenoxy) is 1. The molecule has 0 aliphatic heterocycles. The smallest absolute Gasteiger partial charge is 0.326 e. The van der Waals surface area contributed by atoms with Crippen LogP contribution in [-0.2, 0) is 0 Å². The van der Waals surface area contributed by atoms with E-state index >= 15 is 0 Å². The van der Waals surface area contributed by atoms with Crippen molar-refractivity contribution in [3.8, 4) is 5.75 Å². The molecule has 0 heterocycles. The number of nitrogens with one attached hydrogen (secondary N) is 1. The Morgan fingerprint density at radius 1 is 1.04 bits per heavy atom. The van der Waals surface area contributed by atoms with Gasteiger partial charge in [0.2, 0.25) is 0 Å². The molecule has 0 unspecified atom stereocenters. The van der Waals surface area contributed by atoms with E-state index in [4.69, 9.17) is 4.74 Å². The van der Waals surface area contributed by atoms with Crippen molar-refractivity contribution in [1.29, 1.82) is 0 Å². The number of methoxy groups -OCH3 is 1. The van der Waals surface area contributed by atoms with Crippen molar-refractivity contribution < 1.29 is 9.53 Å². The van der Waals surface area contributed by atoms with Gasteiger partial charge in [0.25, 0.3) is 0 Å². The molecule has 142 valence electrons. The summed E-state index contributed by atoms with van der Waals surface area (Å²) in [6.45, 7) is 2.22. The quantitative estimate of drug-likeness (QED) is 0.712. The highest BCUT2D eigenvalue weighted by atomic mass is 16.5. The van der Waals surface area contributed by atoms with Crippen LogP contribution in [0.3, 0.4) is 0 Å². The highest BCUT2D eigenvalue weighted by molar-refractivity contribution is 6.03. The van der Waals surface area contributed by atoms with Gasteiger partial charge in [-0.2, -0.15) is 0 Å². The summed E-state index contributed by atoms with van der Waals surface area (Å²) < 4.78 is 5.46. The normalized spacial score (nSPS) is 14.5. The molecule has 3 rings (SSSR count). The fourth-order valence-corrected chi connectivity index (χ4v) is 3.61. The zero-order chi connectivity index (χ0) is 19.2. The molecule has 1 aliphatic rings. The molecule has 1 aliphatic carbocycles. The lowest BCUT2D eigenvalue weighted by Crippen LogP contribution is -2.31. The molecular formula is C23H28N2O2. The Bertz CT molecular complexity index is 828. The topological polar surface area (TPSA) is 41.6 Å². The van der Waals surface area contributed by atoms with Crippen LogP contribution in [0.4, 0.5) is 16.2 Å². The van der Waals surface area contributed by atoms with Crippen LogP contribution < -0.4 is 15.0 Å². The Hall–Kier alpha value is -2.75. The molecule has 0 bridgehead atoms. The summed E-state index contributed by atoms with van der Waals surface area (Å²) in [6, 6.07) is 15.3. The van der Waals surface area contributed by atoms with Crippen LogP contribution >= 0.6 is 0 Å². The third kappa shape index (κ3) is 4.51. The number of hydrogen-bond donors (Lipinski definition) is 1. The van der Waals surface area contributed by atoms with Gasteiger partial charge < -0.3 is 10.1 Å². The maximum atomic E-state index is 12.8. The molecular weight excluding hydrogens is 336 g/mol. The number of allylic oxidation sites excluding steroid dienone is 2. The van der Waals surface area contributed by atoms with Crippen LogP contribution in [0.5, 0.6) is 5.75 Å². The zero-order valence-electron chi connectivity index (χ0n) is 16.4. The molecule has 4 heteroatoms. The number of carbonyl (C=O) groups excluding carboxylic acids is 1. The van der Waals surface area contributed by atoms with Crippen LogP contribution in [0.25, 0.3) is 5.57 Å². The summed E-state index contributed by atoms with van der Waals surface area (Å²) in [4.78, 5) is 14.5. The summed E-state index contributed by atoms with van der Waals surface area (Å²) in [5, 5.41) is 2.96. The standard InChI is InChI=1S/C23H28N2O2/c1-17-10-6-4-9-13-20(17)21-16-19(27-3)14-15-22(21)25(2)23(26)24-18-11-7-5-8-12-18/h5,7-8,11-12,14-16H,4,6,9-10,13H2,1-3H3,(H,24,26). The first kappa shape index (κ1) is 19.0. The van der Waals surface area contributed by atoms with Crippen LogP contribution in [-0.4, -0.2) is 20.2 Å². The highest BCUT2D eigenvalue weighted by Crippen LogP contribution is 2.38. The van der Waals surface area contributed by atoms with Crippen LogP contribution in [0, 0.1) is 0 Å². The molecule has 0 saturated carbocycles. The number of para-hydroxylation sites is 1. The minimum atomic E-state index is -0.153. The largest absolute Gasteiger partial charge is 0.497 e. The van der Waals surface area contributed by atoms with Crippen LogP contribution in [0.2, 0.25) is 0 Å². The van der Waals surface area contributed by atoms with Gasteiger partial charge in [-0.15, -0.1) is 0 Å². The maximum Gasteiger partial charge on any atom is 0.326 e. The van der Waals surface area contributed by atoms with E-state index < -0.39 is 0 Å². The van der Waals surface area contributed by atoms with Crippen molar-refractivity contribution in [2.75, 3.05) is 24.4 Å². The van der Waals surface area contributed by atoms with Crippen LogP contribution in [0.1, 0.15) is 44.6 Å². The van der Waals surface area contributed by atoms with Gasteiger partial charge in [0.15, 0.2) is 0 Å². The lowest BCUT2D eigenvalue weighted by Gasteiger charge is -2.24. The van der Waals surface area contributed by atoms with E-state index in [2.05, 4.69) is 18.3 Å². The molecule has 4 nitrogen and oxygen atoms in total. The molecule has 1 N–H and O–H groups in total. The van der Waals surface area contributed by atoms with Crippen molar-refractivity contribution >= 4 is 23.0 Å². The number of anilines is 2. The molecule has 0 aromatic heterocycles. The average Bonchev–Trinajstić information content (AvgIpc) is 2.92. The van der Waals surface area contributed by atoms with E-state index in [1.54, 1.807) is 12.0 Å². The fourth-order valence-electron chi connectivity index (χ4n) is 3.61. The molecule has 2 aromatic rings. The Kier molecular flexibility index (Phi) is 6.17. The van der Waals surface area contributed by atoms with Gasteiger partial charge in [0.05, 0.1) is 12.8 Å². The first-order valence-electron chi connectivity index (χ1n) is 9.57. The molecule has 2 amide bonds. The van der Waals surface area contributed by atoms with Crippen molar-refractivity contribution in [3.63, 3.8) is 0 Å². The van der Waals surface area contributed by atoms with Gasteiger partial charge in [-0.3, -0.25) is 4.90 Å². The minimum Gasteiger partial charge on any atom is -0.497 e. The van der Waals surface area contributed by atoms with Gasteiger partial charge in [-0.25, -0.2) is 4.79 Å². The first-order chi connectivity index (χ1) is 13.1. The van der Waals surface area contributed by atoms with E-state index in [1.165, 1.54) is 30.4 Å². The number of urea groups is 1. The third-order valence-corrected chi connectivity index (χ3v) is 5.21. The van der Waals surface area contributed by atoms with Gasteiger partial charge in [-0.05, 0) is 68.5 Å². The summed E-state index contributed by atoms with van der Waals surface area (Å²) in [5.74, 6) is 0.815. The van der Waals surface area contributed by atoms with Crippen molar-refractivity contribution in [3.05, 3.63) is 59.7 Å². The molecule has 27 heavy (non-hydrogen) atoms. The summed E-state index contributed by atoms with van der Waals surface area (Å²) in [5.41, 5.74) is 5.55. The predicted octanol–water partition coefficient (Wildman–Crippen LogP) is 6.10. The van der Waals surface area contributed by atoms with Gasteiger partial charge in [-0.1, -0.05) is 30.2 Å². The number of carbonyl (C=O) groups is 1. The SMILES string of the molecule is COc1ccc(N(C)C(=O)Nc2ccccc2)c(C2=C(C)CCCCC2)c1. The molecule has 0 spiro atoms. The lowest BCUT2D eigenvalue weighted by molar-refractivity contribution is 0.258. The summed E-state index contributed by atoms with van der Waals surface area (Å²) in [6.07, 6.45) is 5.83. The van der Waals surface area contributed by atoms with Gasteiger partial charge in [0, 0.05) is 18.3 Å². The molecule has 0 radical (unpaired) electrons. The Labute approximate surface area is 161 Å². The first-order valence-corrected chi connectivity index (χ1v) is 9.57. The average molecular weight is 364 g/mol. The van der Waals surface area contributed by atoms with Crippen molar-refractivity contribution in [2.24, 2.45) is 0 Å². The Morgan fingerprint density at radius 2 is 1.78 bits per heavy atom. The predicted molar refractivity (Wildman–Crippen MR) is 113 cm³/mol. The second kappa shape index (κ2) is 8.76. The fraction of sp³-hybridized carbons (Fsp3) is 0.348. The summed E-state index contributed by atoms with van der Waals surface area (Å²) >= 11 is 0. The second-order valence-electron chi connectivity index (χ2n) is 7.06. The molecule has 0 fully saturated rings. The number of amides is 2. The Morgan fingerprint density at radius 3 is 2.52 bits per heavy atom. The monoisotopic (exact) mass is 364 g/mol. The molecule has 0 atom stereocenters. The number of nitrogens with zero attached hydrogens (tertiary/aromatic N) is 1. The van der Waals surface area contributed by atoms with E-state index in [1.807, 2.05) is 49.5 Å². The van der Waals surface area contributed by atoms with Crippen molar-refractivity contribution in [2.45, 2.75) is 39.0 Å². The van der Waals surface area contributed by atoms with Crippen LogP contribution in [0.15, 0.2) is 54.1 Å². The van der Waals surface area contributed by atoms with E-state index in [9.17, 15) is 4.79 Å². The second-order valence-corrected chi connectivity index (χ2v) is 7.06. The molecule has 2 aromatic carbocycles. The lowest BCUT2D eigenvalue weighted by atomic mass is 9.94. The van der Waals surface area contributed by atoms with E-state index in [0.717, 1.165) is 35.5 Å². The minimum absolute atomic E-state index is 0.153. The third-order valence-electron chi connectivity index (χ3n) is 5.21. The van der Waals surface area contributed by atoms with E-state index in [-0.39, 0.29) is 6.03 Å². The number of rotatable bonds is 4. The highest BCUT2D eigenvalue weighted by Gasteiger charge is 2.20. The van der Waals surface area contributed by atoms with E-state index in [0.29, 0.717) is 0 Å². The Balaban J connectivity index is 1.95.